The number of carbonyl (C=O) groups is 1. The van der Waals surface area contributed by atoms with E-state index >= 15 is 0 Å². The Balaban J connectivity index is 2.45. The van der Waals surface area contributed by atoms with Gasteiger partial charge in [-0.25, -0.2) is 8.78 Å². The number of amides is 1. The zero-order valence-electron chi connectivity index (χ0n) is 13.5. The fraction of sp³-hybridized carbons (Fsp3) is 0.222. The van der Waals surface area contributed by atoms with Crippen LogP contribution in [0.2, 0.25) is 10.0 Å². The summed E-state index contributed by atoms with van der Waals surface area (Å²) in [6.45, 7) is 3.43. The van der Waals surface area contributed by atoms with Crippen LogP contribution in [-0.2, 0) is 10.4 Å². The summed E-state index contributed by atoms with van der Waals surface area (Å²) in [7, 11) is 0. The molecule has 1 radical (unpaired) electrons. The van der Waals surface area contributed by atoms with Crippen LogP contribution < -0.4 is 4.90 Å². The van der Waals surface area contributed by atoms with Crippen LogP contribution in [-0.4, -0.2) is 23.4 Å². The van der Waals surface area contributed by atoms with Crippen molar-refractivity contribution in [1.82, 2.24) is 0 Å². The van der Waals surface area contributed by atoms with E-state index < -0.39 is 29.0 Å². The molecule has 1 unspecified atom stereocenters. The van der Waals surface area contributed by atoms with E-state index in [9.17, 15) is 18.7 Å². The molecule has 0 aliphatic rings. The maximum atomic E-state index is 13.6. The van der Waals surface area contributed by atoms with E-state index in [4.69, 9.17) is 34.8 Å². The highest BCUT2D eigenvalue weighted by Gasteiger charge is 2.33. The van der Waals surface area contributed by atoms with Gasteiger partial charge in [0.15, 0.2) is 11.6 Å². The van der Waals surface area contributed by atoms with Crippen LogP contribution >= 0.6 is 34.8 Å². The Labute approximate surface area is 165 Å². The SMILES string of the molecule is [CH2]CC(O)(CN(C(=O)CCl)c1ccc(F)c(F)c1)c1ccc(Cl)c(Cl)c1. The van der Waals surface area contributed by atoms with E-state index in [0.29, 0.717) is 10.6 Å². The van der Waals surface area contributed by atoms with Crippen molar-refractivity contribution in [3.05, 3.63) is 70.6 Å². The first-order valence-electron chi connectivity index (χ1n) is 7.50. The summed E-state index contributed by atoms with van der Waals surface area (Å²) >= 11 is 17.5. The smallest absolute Gasteiger partial charge is 0.242 e. The molecule has 0 aliphatic heterocycles. The van der Waals surface area contributed by atoms with Crippen LogP contribution in [0.5, 0.6) is 0 Å². The Bertz CT molecular complexity index is 819. The van der Waals surface area contributed by atoms with Gasteiger partial charge in [0.2, 0.25) is 5.91 Å². The van der Waals surface area contributed by atoms with Crippen molar-refractivity contribution in [2.45, 2.75) is 12.0 Å². The van der Waals surface area contributed by atoms with Crippen LogP contribution in [0.15, 0.2) is 36.4 Å². The Kier molecular flexibility index (Phi) is 6.86. The van der Waals surface area contributed by atoms with Gasteiger partial charge < -0.3 is 10.0 Å². The lowest BCUT2D eigenvalue weighted by Crippen LogP contribution is -2.44. The second-order valence-electron chi connectivity index (χ2n) is 5.62. The summed E-state index contributed by atoms with van der Waals surface area (Å²) in [5.74, 6) is -3.18. The van der Waals surface area contributed by atoms with Crippen LogP contribution in [0.4, 0.5) is 14.5 Å². The average Bonchev–Trinajstić information content (AvgIpc) is 2.63. The summed E-state index contributed by atoms with van der Waals surface area (Å²) in [5.41, 5.74) is -1.18. The summed E-state index contributed by atoms with van der Waals surface area (Å²) in [6, 6.07) is 7.49. The molecule has 0 aliphatic carbocycles. The van der Waals surface area contributed by atoms with E-state index in [2.05, 4.69) is 6.92 Å². The first-order valence-corrected chi connectivity index (χ1v) is 8.79. The molecule has 0 aromatic heterocycles. The summed E-state index contributed by atoms with van der Waals surface area (Å²) in [4.78, 5) is 13.3. The average molecular weight is 422 g/mol. The highest BCUT2D eigenvalue weighted by molar-refractivity contribution is 6.42. The summed E-state index contributed by atoms with van der Waals surface area (Å²) < 4.78 is 26.8. The minimum Gasteiger partial charge on any atom is -0.383 e. The van der Waals surface area contributed by atoms with Crippen molar-refractivity contribution >= 4 is 46.4 Å². The van der Waals surface area contributed by atoms with Gasteiger partial charge >= 0.3 is 0 Å². The lowest BCUT2D eigenvalue weighted by molar-refractivity contribution is -0.117. The quantitative estimate of drug-likeness (QED) is 0.670. The van der Waals surface area contributed by atoms with Gasteiger partial charge in [-0.2, -0.15) is 0 Å². The van der Waals surface area contributed by atoms with Gasteiger partial charge in [-0.15, -0.1) is 11.6 Å². The predicted molar refractivity (Wildman–Crippen MR) is 99.8 cm³/mol. The zero-order chi connectivity index (χ0) is 19.5. The fourth-order valence-corrected chi connectivity index (χ4v) is 2.85. The molecular formula is C18H15Cl3F2NO2. The van der Waals surface area contributed by atoms with Crippen molar-refractivity contribution in [3.8, 4) is 0 Å². The zero-order valence-corrected chi connectivity index (χ0v) is 15.8. The molecule has 0 fully saturated rings. The minimum atomic E-state index is -1.61. The topological polar surface area (TPSA) is 40.5 Å². The predicted octanol–water partition coefficient (Wildman–Crippen LogP) is 4.96. The number of carbonyl (C=O) groups excluding carboxylic acids is 1. The molecule has 0 saturated heterocycles. The third kappa shape index (κ3) is 4.46. The summed E-state index contributed by atoms with van der Waals surface area (Å²) in [6.07, 6.45) is -0.0271. The Morgan fingerprint density at radius 2 is 1.81 bits per heavy atom. The highest BCUT2D eigenvalue weighted by Crippen LogP contribution is 2.33. The largest absolute Gasteiger partial charge is 0.383 e. The van der Waals surface area contributed by atoms with Gasteiger partial charge in [-0.05, 0) is 36.2 Å². The minimum absolute atomic E-state index is 0.0271. The molecule has 3 nitrogen and oxygen atoms in total. The van der Waals surface area contributed by atoms with Crippen LogP contribution in [0.3, 0.4) is 0 Å². The molecule has 0 saturated carbocycles. The molecule has 1 atom stereocenters. The Hall–Kier alpha value is -1.40. The van der Waals surface area contributed by atoms with Gasteiger partial charge in [-0.3, -0.25) is 4.79 Å². The normalized spacial score (nSPS) is 13.3. The lowest BCUT2D eigenvalue weighted by atomic mass is 9.90. The molecule has 1 N–H and O–H groups in total. The number of rotatable bonds is 6. The van der Waals surface area contributed by atoms with Crippen molar-refractivity contribution in [1.29, 1.82) is 0 Å². The molecule has 2 rings (SSSR count). The van der Waals surface area contributed by atoms with Crippen LogP contribution in [0.1, 0.15) is 12.0 Å². The fourth-order valence-electron chi connectivity index (χ4n) is 2.41. The molecule has 0 spiro atoms. The molecule has 2 aromatic rings. The molecule has 139 valence electrons. The molecule has 2 aromatic carbocycles. The third-order valence-corrected chi connectivity index (χ3v) is 4.89. The van der Waals surface area contributed by atoms with Crippen molar-refractivity contribution < 1.29 is 18.7 Å². The number of hydrogen-bond acceptors (Lipinski definition) is 2. The van der Waals surface area contributed by atoms with Crippen LogP contribution in [0, 0.1) is 18.6 Å². The number of alkyl halides is 1. The van der Waals surface area contributed by atoms with E-state index in [1.165, 1.54) is 18.2 Å². The van der Waals surface area contributed by atoms with Gasteiger partial charge in [0.05, 0.1) is 16.6 Å². The molecule has 1 amide bonds. The number of aliphatic hydroxyl groups is 1. The molecule has 0 heterocycles. The second kappa shape index (κ2) is 8.53. The van der Waals surface area contributed by atoms with Crippen molar-refractivity contribution in [2.24, 2.45) is 0 Å². The summed E-state index contributed by atoms with van der Waals surface area (Å²) in [5, 5.41) is 11.6. The standard InChI is InChI=1S/C18H15Cl3F2NO2/c1-2-18(26,11-3-5-13(20)14(21)7-11)10-24(17(25)9-19)12-4-6-15(22)16(23)8-12/h3-8,26H,1-2,9-10H2. The van der Waals surface area contributed by atoms with Gasteiger partial charge in [0.1, 0.15) is 11.5 Å². The number of benzene rings is 2. The first-order chi connectivity index (χ1) is 12.2. The highest BCUT2D eigenvalue weighted by atomic mass is 35.5. The molecule has 8 heteroatoms. The molecular weight excluding hydrogens is 407 g/mol. The van der Waals surface area contributed by atoms with Gasteiger partial charge in [0, 0.05) is 11.8 Å². The molecule has 0 bridgehead atoms. The Morgan fingerprint density at radius 1 is 1.12 bits per heavy atom. The number of halogens is 5. The van der Waals surface area contributed by atoms with Gasteiger partial charge in [-0.1, -0.05) is 36.2 Å². The third-order valence-electron chi connectivity index (χ3n) is 3.92. The van der Waals surface area contributed by atoms with Crippen LogP contribution in [0.25, 0.3) is 0 Å². The number of anilines is 1. The van der Waals surface area contributed by atoms with E-state index in [0.717, 1.165) is 17.0 Å². The van der Waals surface area contributed by atoms with E-state index in [1.54, 1.807) is 6.07 Å². The lowest BCUT2D eigenvalue weighted by Gasteiger charge is -2.34. The monoisotopic (exact) mass is 420 g/mol. The van der Waals surface area contributed by atoms with Crippen molar-refractivity contribution in [3.63, 3.8) is 0 Å². The van der Waals surface area contributed by atoms with Gasteiger partial charge in [0.25, 0.3) is 0 Å². The van der Waals surface area contributed by atoms with E-state index in [1.807, 2.05) is 0 Å². The Morgan fingerprint density at radius 3 is 2.35 bits per heavy atom. The first kappa shape index (κ1) is 20.9. The second-order valence-corrected chi connectivity index (χ2v) is 6.70. The maximum Gasteiger partial charge on any atom is 0.242 e. The number of hydrogen-bond donors (Lipinski definition) is 1. The molecule has 26 heavy (non-hydrogen) atoms. The van der Waals surface area contributed by atoms with Crippen molar-refractivity contribution in [2.75, 3.05) is 17.3 Å². The number of nitrogens with zero attached hydrogens (tertiary/aromatic N) is 1. The maximum absolute atomic E-state index is 13.6. The van der Waals surface area contributed by atoms with E-state index in [-0.39, 0.29) is 23.7 Å².